The van der Waals surface area contributed by atoms with E-state index in [1.165, 1.54) is 12.8 Å². The lowest BCUT2D eigenvalue weighted by atomic mass is 9.96. The molecule has 112 valence electrons. The summed E-state index contributed by atoms with van der Waals surface area (Å²) in [5.41, 5.74) is 0.198. The average Bonchev–Trinajstić information content (AvgIpc) is 2.45. The summed E-state index contributed by atoms with van der Waals surface area (Å²) in [6.45, 7) is 9.96. The van der Waals surface area contributed by atoms with E-state index in [-0.39, 0.29) is 5.54 Å². The molecule has 0 aliphatic carbocycles. The molecule has 20 heavy (non-hydrogen) atoms. The van der Waals surface area contributed by atoms with Crippen molar-refractivity contribution in [1.82, 2.24) is 15.3 Å². The number of nitrogens with one attached hydrogen (secondary N) is 1. The molecular formula is C15H26N4S. The highest BCUT2D eigenvalue weighted by Crippen LogP contribution is 2.23. The predicted molar refractivity (Wildman–Crippen MR) is 86.5 cm³/mol. The van der Waals surface area contributed by atoms with Gasteiger partial charge in [0.15, 0.2) is 0 Å². The predicted octanol–water partition coefficient (Wildman–Crippen LogP) is 2.80. The molecule has 2 heterocycles. The Balaban J connectivity index is 1.95. The van der Waals surface area contributed by atoms with E-state index in [0.29, 0.717) is 5.92 Å². The smallest absolute Gasteiger partial charge is 0.133 e. The van der Waals surface area contributed by atoms with Gasteiger partial charge in [0, 0.05) is 31.2 Å². The van der Waals surface area contributed by atoms with Crippen LogP contribution in [0.5, 0.6) is 0 Å². The van der Waals surface area contributed by atoms with Crippen molar-refractivity contribution in [2.75, 3.05) is 30.8 Å². The summed E-state index contributed by atoms with van der Waals surface area (Å²) < 4.78 is 0. The van der Waals surface area contributed by atoms with Crippen LogP contribution < -0.4 is 10.2 Å². The van der Waals surface area contributed by atoms with Crippen LogP contribution in [0.1, 0.15) is 33.6 Å². The van der Waals surface area contributed by atoms with Gasteiger partial charge in [0.2, 0.25) is 0 Å². The van der Waals surface area contributed by atoms with E-state index in [1.54, 1.807) is 18.1 Å². The van der Waals surface area contributed by atoms with Crippen LogP contribution >= 0.6 is 11.8 Å². The first-order valence-electron chi connectivity index (χ1n) is 7.34. The zero-order valence-corrected chi connectivity index (χ0v) is 13.8. The lowest BCUT2D eigenvalue weighted by Crippen LogP contribution is -2.44. The van der Waals surface area contributed by atoms with Gasteiger partial charge in [-0.2, -0.15) is 0 Å². The normalized spacial score (nSPS) is 20.2. The van der Waals surface area contributed by atoms with Gasteiger partial charge in [-0.05, 0) is 45.8 Å². The van der Waals surface area contributed by atoms with Crippen LogP contribution in [0.4, 0.5) is 5.82 Å². The maximum Gasteiger partial charge on any atom is 0.133 e. The van der Waals surface area contributed by atoms with Crippen LogP contribution in [0.25, 0.3) is 0 Å². The fourth-order valence-electron chi connectivity index (χ4n) is 2.50. The summed E-state index contributed by atoms with van der Waals surface area (Å²) >= 11 is 1.67. The van der Waals surface area contributed by atoms with Crippen molar-refractivity contribution in [1.29, 1.82) is 0 Å². The van der Waals surface area contributed by atoms with E-state index in [2.05, 4.69) is 53.3 Å². The zero-order valence-electron chi connectivity index (χ0n) is 13.0. The number of piperidine rings is 1. The van der Waals surface area contributed by atoms with Gasteiger partial charge in [-0.25, -0.2) is 9.97 Å². The topological polar surface area (TPSA) is 41.0 Å². The first-order valence-corrected chi connectivity index (χ1v) is 8.56. The monoisotopic (exact) mass is 294 g/mol. The maximum atomic E-state index is 4.44. The van der Waals surface area contributed by atoms with Gasteiger partial charge >= 0.3 is 0 Å². The number of nitrogens with zero attached hydrogens (tertiary/aromatic N) is 3. The molecule has 0 spiro atoms. The Morgan fingerprint density at radius 2 is 2.20 bits per heavy atom. The highest BCUT2D eigenvalue weighted by atomic mass is 32.2. The largest absolute Gasteiger partial charge is 0.356 e. The van der Waals surface area contributed by atoms with Crippen LogP contribution in [-0.2, 0) is 0 Å². The molecule has 0 amide bonds. The molecule has 1 atom stereocenters. The highest BCUT2D eigenvalue weighted by Gasteiger charge is 2.22. The second-order valence-corrected chi connectivity index (χ2v) is 7.33. The van der Waals surface area contributed by atoms with Gasteiger partial charge in [-0.15, -0.1) is 11.8 Å². The summed E-state index contributed by atoms with van der Waals surface area (Å²) in [5, 5.41) is 4.67. The van der Waals surface area contributed by atoms with Crippen LogP contribution in [0, 0.1) is 5.92 Å². The van der Waals surface area contributed by atoms with E-state index >= 15 is 0 Å². The lowest BCUT2D eigenvalue weighted by molar-refractivity contribution is 0.335. The first-order chi connectivity index (χ1) is 9.48. The molecule has 0 aromatic carbocycles. The standard InChI is InChI=1S/C15H26N4S/c1-15(2,3)18-9-12-6-5-7-19(10-12)13-8-14(20-4)17-11-16-13/h8,11-12,18H,5-7,9-10H2,1-4H3. The van der Waals surface area contributed by atoms with Crippen molar-refractivity contribution in [3.8, 4) is 0 Å². The van der Waals surface area contributed by atoms with Gasteiger partial charge in [0.1, 0.15) is 17.2 Å². The van der Waals surface area contributed by atoms with Crippen molar-refractivity contribution < 1.29 is 0 Å². The SMILES string of the molecule is CSc1cc(N2CCCC(CNC(C)(C)C)C2)ncn1. The summed E-state index contributed by atoms with van der Waals surface area (Å²) in [6, 6.07) is 2.10. The molecule has 1 N–H and O–H groups in total. The third-order valence-corrected chi connectivity index (χ3v) is 4.24. The van der Waals surface area contributed by atoms with Gasteiger partial charge in [0.25, 0.3) is 0 Å². The Morgan fingerprint density at radius 1 is 1.40 bits per heavy atom. The van der Waals surface area contributed by atoms with E-state index in [0.717, 1.165) is 30.5 Å². The average molecular weight is 294 g/mol. The molecular weight excluding hydrogens is 268 g/mol. The van der Waals surface area contributed by atoms with Crippen molar-refractivity contribution in [2.24, 2.45) is 5.92 Å². The second kappa shape index (κ2) is 6.76. The molecule has 0 radical (unpaired) electrons. The quantitative estimate of drug-likeness (QED) is 0.683. The first kappa shape index (κ1) is 15.6. The Bertz CT molecular complexity index is 430. The Hall–Kier alpha value is -0.810. The molecule has 2 rings (SSSR count). The maximum absolute atomic E-state index is 4.44. The minimum atomic E-state index is 0.198. The molecule has 1 aliphatic heterocycles. The minimum absolute atomic E-state index is 0.198. The third kappa shape index (κ3) is 4.63. The highest BCUT2D eigenvalue weighted by molar-refractivity contribution is 7.98. The molecule has 4 nitrogen and oxygen atoms in total. The molecule has 0 saturated carbocycles. The van der Waals surface area contributed by atoms with E-state index in [1.807, 2.05) is 0 Å². The summed E-state index contributed by atoms with van der Waals surface area (Å²) in [7, 11) is 0. The number of thioether (sulfide) groups is 1. The van der Waals surface area contributed by atoms with E-state index < -0.39 is 0 Å². The molecule has 1 aromatic heterocycles. The van der Waals surface area contributed by atoms with E-state index in [9.17, 15) is 0 Å². The number of aromatic nitrogens is 2. The minimum Gasteiger partial charge on any atom is -0.356 e. The van der Waals surface area contributed by atoms with E-state index in [4.69, 9.17) is 0 Å². The summed E-state index contributed by atoms with van der Waals surface area (Å²) in [6.07, 6.45) is 6.28. The molecule has 0 bridgehead atoms. The second-order valence-electron chi connectivity index (χ2n) is 6.50. The third-order valence-electron chi connectivity index (χ3n) is 3.60. The fraction of sp³-hybridized carbons (Fsp3) is 0.733. The van der Waals surface area contributed by atoms with Gasteiger partial charge < -0.3 is 10.2 Å². The van der Waals surface area contributed by atoms with Crippen LogP contribution in [-0.4, -0.2) is 41.4 Å². The Labute approximate surface area is 126 Å². The molecule has 1 unspecified atom stereocenters. The Morgan fingerprint density at radius 3 is 2.90 bits per heavy atom. The van der Waals surface area contributed by atoms with Gasteiger partial charge in [-0.1, -0.05) is 0 Å². The fourth-order valence-corrected chi connectivity index (χ4v) is 2.88. The lowest BCUT2D eigenvalue weighted by Gasteiger charge is -2.35. The van der Waals surface area contributed by atoms with Crippen molar-refractivity contribution >= 4 is 17.6 Å². The van der Waals surface area contributed by atoms with Crippen LogP contribution in [0.2, 0.25) is 0 Å². The molecule has 1 aromatic rings. The molecule has 1 aliphatic rings. The summed E-state index contributed by atoms with van der Waals surface area (Å²) in [5.74, 6) is 1.78. The number of anilines is 1. The Kier molecular flexibility index (Phi) is 5.27. The van der Waals surface area contributed by atoms with Crippen LogP contribution in [0.15, 0.2) is 17.4 Å². The molecule has 5 heteroatoms. The molecule has 1 fully saturated rings. The number of hydrogen-bond acceptors (Lipinski definition) is 5. The summed E-state index contributed by atoms with van der Waals surface area (Å²) in [4.78, 5) is 11.1. The number of hydrogen-bond donors (Lipinski definition) is 1. The van der Waals surface area contributed by atoms with Gasteiger partial charge in [-0.3, -0.25) is 0 Å². The number of rotatable bonds is 4. The zero-order chi connectivity index (χ0) is 14.6. The van der Waals surface area contributed by atoms with Crippen molar-refractivity contribution in [3.05, 3.63) is 12.4 Å². The molecule has 1 saturated heterocycles. The van der Waals surface area contributed by atoms with Gasteiger partial charge in [0.05, 0.1) is 0 Å². The van der Waals surface area contributed by atoms with Crippen molar-refractivity contribution in [3.63, 3.8) is 0 Å². The van der Waals surface area contributed by atoms with Crippen LogP contribution in [0.3, 0.4) is 0 Å². The van der Waals surface area contributed by atoms with Crippen molar-refractivity contribution in [2.45, 2.75) is 44.2 Å².